The molecule has 3 aromatic carbocycles. The number of aromatic hydroxyl groups is 3. The summed E-state index contributed by atoms with van der Waals surface area (Å²) in [6.45, 7) is 1.89. The van der Waals surface area contributed by atoms with Crippen molar-refractivity contribution in [2.24, 2.45) is 0 Å². The number of hydrogen-bond donors (Lipinski definition) is 6. The van der Waals surface area contributed by atoms with Gasteiger partial charge in [0.25, 0.3) is 0 Å². The Labute approximate surface area is 241 Å². The molecule has 0 saturated heterocycles. The minimum atomic E-state index is -0.957. The lowest BCUT2D eigenvalue weighted by atomic mass is 9.68. The van der Waals surface area contributed by atoms with Crippen LogP contribution in [0, 0.1) is 0 Å². The summed E-state index contributed by atoms with van der Waals surface area (Å²) < 4.78 is 16.2. The van der Waals surface area contributed by atoms with Gasteiger partial charge in [-0.3, -0.25) is 0 Å². The number of phenols is 3. The molecule has 0 bridgehead atoms. The lowest BCUT2D eigenvalue weighted by Gasteiger charge is -2.35. The fourth-order valence-corrected chi connectivity index (χ4v) is 5.38. The number of ether oxygens (including phenoxy) is 3. The van der Waals surface area contributed by atoms with Crippen molar-refractivity contribution in [2.45, 2.75) is 51.4 Å². The quantitative estimate of drug-likeness (QED) is 0.152. The predicted octanol–water partition coefficient (Wildman–Crippen LogP) is 3.20. The highest BCUT2D eigenvalue weighted by Crippen LogP contribution is 2.45. The molecule has 0 heterocycles. The van der Waals surface area contributed by atoms with Gasteiger partial charge in [-0.05, 0) is 77.8 Å². The van der Waals surface area contributed by atoms with Crippen LogP contribution in [0.15, 0.2) is 36.4 Å². The first-order valence-electron chi connectivity index (χ1n) is 13.5. The number of rotatable bonds is 15. The van der Waals surface area contributed by atoms with Crippen LogP contribution in [-0.4, -0.2) is 71.8 Å². The van der Waals surface area contributed by atoms with Gasteiger partial charge in [0.15, 0.2) is 0 Å². The van der Waals surface area contributed by atoms with E-state index in [-0.39, 0.29) is 76.2 Å². The molecule has 0 aliphatic carbocycles. The van der Waals surface area contributed by atoms with Crippen LogP contribution >= 0.6 is 0 Å². The smallest absolute Gasteiger partial charge is 0.126 e. The number of aliphatic hydroxyl groups is 3. The molecule has 9 nitrogen and oxygen atoms in total. The standard InChI is InChI=1S/C32H42O9/c1-32(26-11-20(5-8-33)29(36)21(12-26)6-9-34,27-13-22(7-10-35)30(37)23(14-27)17-39-2)28-15-24(18-40-3)31(38)25(16-28)19-41-4/h11-16,33-38H,5-10,17-19H2,1-4H3. The van der Waals surface area contributed by atoms with Crippen LogP contribution in [0.4, 0.5) is 0 Å². The molecule has 3 rings (SSSR count). The van der Waals surface area contributed by atoms with Crippen LogP contribution in [0.1, 0.15) is 57.0 Å². The molecular weight excluding hydrogens is 528 g/mol. The summed E-state index contributed by atoms with van der Waals surface area (Å²) in [7, 11) is 4.62. The molecule has 1 atom stereocenters. The van der Waals surface area contributed by atoms with Crippen LogP contribution in [0.5, 0.6) is 17.2 Å². The molecule has 0 amide bonds. The third kappa shape index (κ3) is 6.83. The molecule has 0 fully saturated rings. The predicted molar refractivity (Wildman–Crippen MR) is 154 cm³/mol. The first-order valence-corrected chi connectivity index (χ1v) is 13.5. The summed E-state index contributed by atoms with van der Waals surface area (Å²) in [4.78, 5) is 0. The van der Waals surface area contributed by atoms with Gasteiger partial charge in [0.1, 0.15) is 17.2 Å². The fourth-order valence-electron chi connectivity index (χ4n) is 5.38. The molecule has 3 aromatic rings. The maximum atomic E-state index is 11.0. The highest BCUT2D eigenvalue weighted by Gasteiger charge is 2.35. The van der Waals surface area contributed by atoms with E-state index < -0.39 is 5.41 Å². The molecule has 0 saturated carbocycles. The Morgan fingerprint density at radius 3 is 1.00 bits per heavy atom. The van der Waals surface area contributed by atoms with Gasteiger partial charge < -0.3 is 44.8 Å². The highest BCUT2D eigenvalue weighted by atomic mass is 16.5. The normalized spacial score (nSPS) is 13.0. The van der Waals surface area contributed by atoms with E-state index in [0.717, 1.165) is 16.7 Å². The summed E-state index contributed by atoms with van der Waals surface area (Å²) in [6.07, 6.45) is 0.620. The molecule has 0 aliphatic heterocycles. The molecule has 0 aliphatic rings. The maximum absolute atomic E-state index is 11.0. The number of hydrogen-bond acceptors (Lipinski definition) is 9. The Morgan fingerprint density at radius 1 is 0.488 bits per heavy atom. The lowest BCUT2D eigenvalue weighted by molar-refractivity contribution is 0.174. The van der Waals surface area contributed by atoms with E-state index in [0.29, 0.717) is 33.4 Å². The molecule has 0 spiro atoms. The van der Waals surface area contributed by atoms with Gasteiger partial charge in [-0.1, -0.05) is 18.2 Å². The number of benzene rings is 3. The van der Waals surface area contributed by atoms with Crippen molar-refractivity contribution in [3.05, 3.63) is 86.5 Å². The van der Waals surface area contributed by atoms with Crippen molar-refractivity contribution in [3.63, 3.8) is 0 Å². The Bertz CT molecular complexity index is 1080. The monoisotopic (exact) mass is 570 g/mol. The third-order valence-corrected chi connectivity index (χ3v) is 7.58. The fraction of sp³-hybridized carbons (Fsp3) is 0.438. The summed E-state index contributed by atoms with van der Waals surface area (Å²) in [6, 6.07) is 11.1. The van der Waals surface area contributed by atoms with Gasteiger partial charge >= 0.3 is 0 Å². The van der Waals surface area contributed by atoms with Gasteiger partial charge in [0.2, 0.25) is 0 Å². The molecule has 0 aromatic heterocycles. The second-order valence-electron chi connectivity index (χ2n) is 10.3. The summed E-state index contributed by atoms with van der Waals surface area (Å²) >= 11 is 0. The topological polar surface area (TPSA) is 149 Å². The van der Waals surface area contributed by atoms with Crippen molar-refractivity contribution in [3.8, 4) is 17.2 Å². The summed E-state index contributed by atoms with van der Waals surface area (Å²) in [5, 5.41) is 62.2. The van der Waals surface area contributed by atoms with E-state index in [9.17, 15) is 30.6 Å². The first kappa shape index (κ1) is 32.3. The second-order valence-corrected chi connectivity index (χ2v) is 10.3. The zero-order valence-electron chi connectivity index (χ0n) is 24.2. The van der Waals surface area contributed by atoms with E-state index >= 15 is 0 Å². The van der Waals surface area contributed by atoms with E-state index in [1.165, 1.54) is 7.11 Å². The summed E-state index contributed by atoms with van der Waals surface area (Å²) in [5.74, 6) is 0.140. The van der Waals surface area contributed by atoms with Crippen LogP contribution in [0.2, 0.25) is 0 Å². The molecule has 1 unspecified atom stereocenters. The van der Waals surface area contributed by atoms with E-state index in [1.54, 1.807) is 14.2 Å². The number of methoxy groups -OCH3 is 3. The van der Waals surface area contributed by atoms with Crippen molar-refractivity contribution < 1.29 is 44.8 Å². The van der Waals surface area contributed by atoms with Gasteiger partial charge in [-0.15, -0.1) is 0 Å². The SMILES string of the molecule is COCc1cc(C(C)(c2cc(CCO)c(O)c(CCO)c2)c2cc(COC)c(O)c(COC)c2)cc(CCO)c1O. The largest absolute Gasteiger partial charge is 0.507 e. The minimum absolute atomic E-state index is 0.0248. The van der Waals surface area contributed by atoms with Gasteiger partial charge in [0, 0.05) is 63.3 Å². The van der Waals surface area contributed by atoms with E-state index in [4.69, 9.17) is 14.2 Å². The number of aliphatic hydroxyl groups excluding tert-OH is 3. The van der Waals surface area contributed by atoms with Crippen LogP contribution in [0.3, 0.4) is 0 Å². The summed E-state index contributed by atoms with van der Waals surface area (Å²) in [5.41, 5.74) is 4.58. The molecule has 6 N–H and O–H groups in total. The van der Waals surface area contributed by atoms with Crippen molar-refractivity contribution in [1.29, 1.82) is 0 Å². The minimum Gasteiger partial charge on any atom is -0.507 e. The van der Waals surface area contributed by atoms with Crippen molar-refractivity contribution in [2.75, 3.05) is 41.2 Å². The Hall–Kier alpha value is -3.18. The number of phenolic OH excluding ortho intramolecular Hbond substituents is 3. The third-order valence-electron chi connectivity index (χ3n) is 7.58. The van der Waals surface area contributed by atoms with Crippen LogP contribution < -0.4 is 0 Å². The molecule has 0 radical (unpaired) electrons. The van der Waals surface area contributed by atoms with E-state index in [2.05, 4.69) is 0 Å². The van der Waals surface area contributed by atoms with Crippen LogP contribution in [0.25, 0.3) is 0 Å². The molecule has 9 heteroatoms. The van der Waals surface area contributed by atoms with Crippen molar-refractivity contribution >= 4 is 0 Å². The van der Waals surface area contributed by atoms with Gasteiger partial charge in [-0.2, -0.15) is 0 Å². The average molecular weight is 571 g/mol. The lowest BCUT2D eigenvalue weighted by Crippen LogP contribution is -2.27. The second kappa shape index (κ2) is 14.6. The van der Waals surface area contributed by atoms with Gasteiger partial charge in [-0.25, -0.2) is 0 Å². The van der Waals surface area contributed by atoms with E-state index in [1.807, 2.05) is 43.3 Å². The van der Waals surface area contributed by atoms with Crippen molar-refractivity contribution in [1.82, 2.24) is 0 Å². The van der Waals surface area contributed by atoms with Gasteiger partial charge in [0.05, 0.1) is 19.8 Å². The zero-order valence-corrected chi connectivity index (χ0v) is 24.2. The van der Waals surface area contributed by atoms with Crippen LogP contribution in [-0.2, 0) is 58.7 Å². The zero-order chi connectivity index (χ0) is 30.2. The molecule has 224 valence electrons. The highest BCUT2D eigenvalue weighted by molar-refractivity contribution is 5.60. The average Bonchev–Trinajstić information content (AvgIpc) is 2.95. The Balaban J connectivity index is 2.50. The maximum Gasteiger partial charge on any atom is 0.126 e. The molecular formula is C32H42O9. The first-order chi connectivity index (χ1) is 19.7. The molecule has 41 heavy (non-hydrogen) atoms. The Morgan fingerprint density at radius 2 is 0.732 bits per heavy atom. The Kier molecular flexibility index (Phi) is 11.5.